The molecule has 0 bridgehead atoms. The maximum Gasteiger partial charge on any atom is 0.305 e. The lowest BCUT2D eigenvalue weighted by atomic mass is 10.1. The Morgan fingerprint density at radius 2 is 1.89 bits per heavy atom. The van der Waals surface area contributed by atoms with Crippen LogP contribution in [-0.2, 0) is 16.0 Å². The van der Waals surface area contributed by atoms with Crippen LogP contribution in [0.2, 0.25) is 0 Å². The van der Waals surface area contributed by atoms with Crippen molar-refractivity contribution in [1.82, 2.24) is 4.90 Å². The van der Waals surface area contributed by atoms with Crippen LogP contribution in [-0.4, -0.2) is 41.5 Å². The average Bonchev–Trinajstić information content (AvgIpc) is 2.36. The highest BCUT2D eigenvalue weighted by atomic mass is 16.4. The van der Waals surface area contributed by atoms with Crippen LogP contribution >= 0.6 is 0 Å². The molecular formula is C14H20N2O3. The summed E-state index contributed by atoms with van der Waals surface area (Å²) in [7, 11) is 1.64. The lowest BCUT2D eigenvalue weighted by Gasteiger charge is -2.20. The summed E-state index contributed by atoms with van der Waals surface area (Å²) in [5, 5.41) is 8.60. The number of benzene rings is 1. The molecule has 0 aliphatic rings. The third-order valence-corrected chi connectivity index (χ3v) is 2.94. The summed E-state index contributed by atoms with van der Waals surface area (Å²) in [6, 6.07) is 7.11. The number of rotatable bonds is 6. The smallest absolute Gasteiger partial charge is 0.305 e. The molecular weight excluding hydrogens is 244 g/mol. The second-order valence-corrected chi connectivity index (χ2v) is 4.70. The third-order valence-electron chi connectivity index (χ3n) is 2.94. The number of carboxylic acid groups (broad SMARTS) is 1. The van der Waals surface area contributed by atoms with Crippen molar-refractivity contribution in [2.24, 2.45) is 5.73 Å². The van der Waals surface area contributed by atoms with E-state index in [1.165, 1.54) is 10.5 Å². The van der Waals surface area contributed by atoms with Crippen molar-refractivity contribution in [3.05, 3.63) is 35.4 Å². The van der Waals surface area contributed by atoms with Gasteiger partial charge in [0.15, 0.2) is 0 Å². The highest BCUT2D eigenvalue weighted by Crippen LogP contribution is 2.05. The molecule has 1 aromatic carbocycles. The first-order chi connectivity index (χ1) is 8.90. The first-order valence-electron chi connectivity index (χ1n) is 6.18. The molecule has 19 heavy (non-hydrogen) atoms. The molecule has 0 saturated heterocycles. The minimum atomic E-state index is -1.06. The van der Waals surface area contributed by atoms with E-state index < -0.39 is 12.0 Å². The molecule has 5 nitrogen and oxygen atoms in total. The van der Waals surface area contributed by atoms with Crippen LogP contribution in [0, 0.1) is 6.92 Å². The van der Waals surface area contributed by atoms with Crippen molar-refractivity contribution in [2.75, 3.05) is 13.6 Å². The molecule has 0 saturated carbocycles. The van der Waals surface area contributed by atoms with Gasteiger partial charge in [-0.1, -0.05) is 29.8 Å². The topological polar surface area (TPSA) is 83.6 Å². The van der Waals surface area contributed by atoms with Crippen molar-refractivity contribution >= 4 is 11.9 Å². The van der Waals surface area contributed by atoms with Crippen molar-refractivity contribution in [1.29, 1.82) is 0 Å². The second kappa shape index (κ2) is 6.89. The minimum Gasteiger partial charge on any atom is -0.481 e. The van der Waals surface area contributed by atoms with Crippen LogP contribution in [0.5, 0.6) is 0 Å². The molecule has 1 amide bonds. The standard InChI is InChI=1S/C14H20N2O3/c1-10-3-5-11(6-4-10)7-8-16(2)14(19)12(15)9-13(17)18/h3-6,12H,7-9,15H2,1-2H3,(H,17,18). The maximum absolute atomic E-state index is 11.8. The molecule has 3 N–H and O–H groups in total. The fourth-order valence-electron chi connectivity index (χ4n) is 1.72. The Morgan fingerprint density at radius 3 is 2.42 bits per heavy atom. The van der Waals surface area contributed by atoms with Crippen molar-refractivity contribution in [2.45, 2.75) is 25.8 Å². The SMILES string of the molecule is Cc1ccc(CCN(C)C(=O)C(N)CC(=O)O)cc1. The van der Waals surface area contributed by atoms with Crippen LogP contribution in [0.25, 0.3) is 0 Å². The van der Waals surface area contributed by atoms with E-state index in [1.54, 1.807) is 7.05 Å². The lowest BCUT2D eigenvalue weighted by Crippen LogP contribution is -2.43. The Hall–Kier alpha value is -1.88. The highest BCUT2D eigenvalue weighted by Gasteiger charge is 2.20. The number of hydrogen-bond acceptors (Lipinski definition) is 3. The van der Waals surface area contributed by atoms with E-state index in [-0.39, 0.29) is 12.3 Å². The minimum absolute atomic E-state index is 0.338. The van der Waals surface area contributed by atoms with Gasteiger partial charge >= 0.3 is 5.97 Å². The molecule has 0 aliphatic carbocycles. The summed E-state index contributed by atoms with van der Waals surface area (Å²) in [6.45, 7) is 2.54. The van der Waals surface area contributed by atoms with Crippen molar-refractivity contribution in [3.63, 3.8) is 0 Å². The number of carbonyl (C=O) groups excluding carboxylic acids is 1. The molecule has 0 spiro atoms. The number of aryl methyl sites for hydroxylation is 1. The zero-order valence-electron chi connectivity index (χ0n) is 11.3. The van der Waals surface area contributed by atoms with Crippen LogP contribution in [0.1, 0.15) is 17.5 Å². The summed E-state index contributed by atoms with van der Waals surface area (Å²) in [5.74, 6) is -1.40. The molecule has 104 valence electrons. The summed E-state index contributed by atoms with van der Waals surface area (Å²) >= 11 is 0. The highest BCUT2D eigenvalue weighted by molar-refractivity contribution is 5.85. The predicted octanol–water partition coefficient (Wildman–Crippen LogP) is 0.798. The van der Waals surface area contributed by atoms with Crippen LogP contribution in [0.4, 0.5) is 0 Å². The van der Waals surface area contributed by atoms with E-state index in [0.717, 1.165) is 12.0 Å². The fourth-order valence-corrected chi connectivity index (χ4v) is 1.72. The summed E-state index contributed by atoms with van der Waals surface area (Å²) in [4.78, 5) is 23.8. The number of likely N-dealkylation sites (N-methyl/N-ethyl adjacent to an activating group) is 1. The van der Waals surface area contributed by atoms with Gasteiger partial charge in [0.2, 0.25) is 5.91 Å². The number of aliphatic carboxylic acids is 1. The molecule has 0 aromatic heterocycles. The van der Waals surface area contributed by atoms with E-state index in [0.29, 0.717) is 6.54 Å². The molecule has 1 atom stereocenters. The summed E-state index contributed by atoms with van der Waals surface area (Å²) in [5.41, 5.74) is 7.86. The van der Waals surface area contributed by atoms with Gasteiger partial charge in [-0.15, -0.1) is 0 Å². The van der Waals surface area contributed by atoms with Crippen molar-refractivity contribution in [3.8, 4) is 0 Å². The molecule has 1 aromatic rings. The lowest BCUT2D eigenvalue weighted by molar-refractivity contribution is -0.141. The first kappa shape index (κ1) is 15.2. The normalized spacial score (nSPS) is 11.9. The number of nitrogens with two attached hydrogens (primary N) is 1. The van der Waals surface area contributed by atoms with E-state index in [1.807, 2.05) is 31.2 Å². The van der Waals surface area contributed by atoms with Gasteiger partial charge in [0, 0.05) is 13.6 Å². The number of carbonyl (C=O) groups is 2. The van der Waals surface area contributed by atoms with Gasteiger partial charge < -0.3 is 15.7 Å². The zero-order chi connectivity index (χ0) is 14.4. The van der Waals surface area contributed by atoms with Gasteiger partial charge in [0.1, 0.15) is 0 Å². The Balaban J connectivity index is 2.46. The van der Waals surface area contributed by atoms with E-state index in [9.17, 15) is 9.59 Å². The average molecular weight is 264 g/mol. The van der Waals surface area contributed by atoms with E-state index in [2.05, 4.69) is 0 Å². The Morgan fingerprint density at radius 1 is 1.32 bits per heavy atom. The first-order valence-corrected chi connectivity index (χ1v) is 6.18. The predicted molar refractivity (Wildman–Crippen MR) is 72.7 cm³/mol. The van der Waals surface area contributed by atoms with Gasteiger partial charge in [0.05, 0.1) is 12.5 Å². The van der Waals surface area contributed by atoms with Gasteiger partial charge in [0.25, 0.3) is 0 Å². The summed E-state index contributed by atoms with van der Waals surface area (Å²) < 4.78 is 0. The third kappa shape index (κ3) is 5.09. The quantitative estimate of drug-likeness (QED) is 0.796. The number of amides is 1. The van der Waals surface area contributed by atoms with Gasteiger partial charge in [-0.25, -0.2) is 0 Å². The molecule has 5 heteroatoms. The van der Waals surface area contributed by atoms with Gasteiger partial charge in [-0.2, -0.15) is 0 Å². The van der Waals surface area contributed by atoms with Gasteiger partial charge in [-0.05, 0) is 18.9 Å². The fraction of sp³-hybridized carbons (Fsp3) is 0.429. The van der Waals surface area contributed by atoms with E-state index >= 15 is 0 Å². The molecule has 0 heterocycles. The molecule has 1 unspecified atom stereocenters. The maximum atomic E-state index is 11.8. The molecule has 0 fully saturated rings. The molecule has 1 rings (SSSR count). The number of nitrogens with zero attached hydrogens (tertiary/aromatic N) is 1. The second-order valence-electron chi connectivity index (χ2n) is 4.70. The Kier molecular flexibility index (Phi) is 5.51. The van der Waals surface area contributed by atoms with Crippen LogP contribution < -0.4 is 5.73 Å². The van der Waals surface area contributed by atoms with Crippen molar-refractivity contribution < 1.29 is 14.7 Å². The Bertz CT molecular complexity index is 443. The van der Waals surface area contributed by atoms with Crippen LogP contribution in [0.15, 0.2) is 24.3 Å². The summed E-state index contributed by atoms with van der Waals surface area (Å²) in [6.07, 6.45) is 0.385. The largest absolute Gasteiger partial charge is 0.481 e. The Labute approximate surface area is 113 Å². The van der Waals surface area contributed by atoms with Gasteiger partial charge in [-0.3, -0.25) is 9.59 Å². The van der Waals surface area contributed by atoms with Crippen LogP contribution in [0.3, 0.4) is 0 Å². The van der Waals surface area contributed by atoms with E-state index in [4.69, 9.17) is 10.8 Å². The zero-order valence-corrected chi connectivity index (χ0v) is 11.3. The number of hydrogen-bond donors (Lipinski definition) is 2. The molecule has 0 radical (unpaired) electrons. The number of carboxylic acids is 1. The molecule has 0 aliphatic heterocycles. The monoisotopic (exact) mass is 264 g/mol.